The van der Waals surface area contributed by atoms with E-state index in [0.717, 1.165) is 21.2 Å². The van der Waals surface area contributed by atoms with Crippen molar-refractivity contribution in [1.29, 1.82) is 0 Å². The molecule has 1 aliphatic rings. The van der Waals surface area contributed by atoms with E-state index in [1.54, 1.807) is 30.3 Å². The fourth-order valence-electron chi connectivity index (χ4n) is 4.24. The summed E-state index contributed by atoms with van der Waals surface area (Å²) in [5.41, 5.74) is 1.50. The molecular formula is C29H19Cl3N2O4S. The number of halogens is 3. The Kier molecular flexibility index (Phi) is 7.77. The van der Waals surface area contributed by atoms with Gasteiger partial charge in [0.05, 0.1) is 27.9 Å². The molecule has 0 saturated carbocycles. The number of nitrogens with zero attached hydrogens (tertiary/aromatic N) is 1. The summed E-state index contributed by atoms with van der Waals surface area (Å²) in [6.07, 6.45) is 1.40. The lowest BCUT2D eigenvalue weighted by atomic mass is 10.1. The number of hydrogen-bond acceptors (Lipinski definition) is 5. The van der Waals surface area contributed by atoms with Gasteiger partial charge in [-0.3, -0.25) is 19.8 Å². The molecule has 0 aromatic heterocycles. The van der Waals surface area contributed by atoms with Crippen LogP contribution in [0.15, 0.2) is 78.4 Å². The van der Waals surface area contributed by atoms with Gasteiger partial charge < -0.3 is 9.47 Å². The first-order valence-corrected chi connectivity index (χ1v) is 13.1. The highest BCUT2D eigenvalue weighted by molar-refractivity contribution is 7.80. The van der Waals surface area contributed by atoms with Gasteiger partial charge in [0.2, 0.25) is 0 Å². The first-order chi connectivity index (χ1) is 18.8. The Hall–Kier alpha value is -3.62. The Morgan fingerprint density at radius 2 is 1.69 bits per heavy atom. The van der Waals surface area contributed by atoms with Gasteiger partial charge in [0.25, 0.3) is 11.8 Å². The quantitative estimate of drug-likeness (QED) is 0.144. The number of carbonyl (C=O) groups is 2. The number of ether oxygens (including phenoxy) is 2. The number of amides is 2. The van der Waals surface area contributed by atoms with Gasteiger partial charge in [0, 0.05) is 0 Å². The van der Waals surface area contributed by atoms with E-state index in [1.165, 1.54) is 13.2 Å². The maximum Gasteiger partial charge on any atom is 0.270 e. The van der Waals surface area contributed by atoms with Crippen molar-refractivity contribution >= 4 is 86.5 Å². The topological polar surface area (TPSA) is 67.9 Å². The molecular weight excluding hydrogens is 579 g/mol. The van der Waals surface area contributed by atoms with Gasteiger partial charge in [0.1, 0.15) is 12.2 Å². The second-order valence-electron chi connectivity index (χ2n) is 8.49. The molecule has 2 amide bonds. The maximum atomic E-state index is 13.4. The molecule has 1 N–H and O–H groups in total. The van der Waals surface area contributed by atoms with Gasteiger partial charge in [-0.2, -0.15) is 0 Å². The second-order valence-corrected chi connectivity index (χ2v) is 10.1. The average Bonchev–Trinajstić information content (AvgIpc) is 2.92. The van der Waals surface area contributed by atoms with E-state index in [2.05, 4.69) is 5.32 Å². The lowest BCUT2D eigenvalue weighted by Gasteiger charge is -2.29. The lowest BCUT2D eigenvalue weighted by molar-refractivity contribution is -0.122. The summed E-state index contributed by atoms with van der Waals surface area (Å²) in [4.78, 5) is 27.3. The van der Waals surface area contributed by atoms with Crippen molar-refractivity contribution in [1.82, 2.24) is 5.32 Å². The molecule has 39 heavy (non-hydrogen) atoms. The van der Waals surface area contributed by atoms with Gasteiger partial charge in [-0.25, -0.2) is 0 Å². The number of benzene rings is 4. The van der Waals surface area contributed by atoms with E-state index >= 15 is 0 Å². The van der Waals surface area contributed by atoms with Crippen molar-refractivity contribution in [3.63, 3.8) is 0 Å². The van der Waals surface area contributed by atoms with Crippen molar-refractivity contribution in [3.05, 3.63) is 105 Å². The van der Waals surface area contributed by atoms with Crippen molar-refractivity contribution < 1.29 is 19.1 Å². The Bertz CT molecular complexity index is 1680. The summed E-state index contributed by atoms with van der Waals surface area (Å²) < 4.78 is 11.6. The van der Waals surface area contributed by atoms with Crippen LogP contribution in [-0.2, 0) is 16.2 Å². The van der Waals surface area contributed by atoms with Crippen LogP contribution < -0.4 is 19.7 Å². The third-order valence-corrected chi connectivity index (χ3v) is 7.46. The Morgan fingerprint density at radius 3 is 2.49 bits per heavy atom. The third kappa shape index (κ3) is 5.31. The molecule has 6 nitrogen and oxygen atoms in total. The maximum absolute atomic E-state index is 13.4. The zero-order valence-electron chi connectivity index (χ0n) is 20.3. The van der Waals surface area contributed by atoms with Crippen molar-refractivity contribution in [2.45, 2.75) is 6.61 Å². The minimum absolute atomic E-state index is 0.112. The number of anilines is 1. The van der Waals surface area contributed by atoms with E-state index < -0.39 is 11.8 Å². The molecule has 4 aromatic carbocycles. The highest BCUT2D eigenvalue weighted by Gasteiger charge is 2.35. The number of hydrogen-bond donors (Lipinski definition) is 1. The van der Waals surface area contributed by atoms with Crippen LogP contribution in [0.2, 0.25) is 15.1 Å². The molecule has 0 spiro atoms. The van der Waals surface area contributed by atoms with E-state index in [4.69, 9.17) is 56.5 Å². The fraction of sp³-hybridized carbons (Fsp3) is 0.0690. The van der Waals surface area contributed by atoms with E-state index in [-0.39, 0.29) is 38.0 Å². The molecule has 0 bridgehead atoms. The summed E-state index contributed by atoms with van der Waals surface area (Å²) in [5, 5.41) is 5.19. The van der Waals surface area contributed by atoms with Crippen LogP contribution in [0.3, 0.4) is 0 Å². The highest BCUT2D eigenvalue weighted by atomic mass is 35.5. The second kappa shape index (κ2) is 11.2. The Labute approximate surface area is 244 Å². The summed E-state index contributed by atoms with van der Waals surface area (Å²) in [5.74, 6) is -0.657. The molecule has 5 rings (SSSR count). The Balaban J connectivity index is 1.46. The van der Waals surface area contributed by atoms with Crippen molar-refractivity contribution in [2.24, 2.45) is 0 Å². The molecule has 1 fully saturated rings. The predicted octanol–water partition coefficient (Wildman–Crippen LogP) is 7.22. The summed E-state index contributed by atoms with van der Waals surface area (Å²) >= 11 is 24.3. The summed E-state index contributed by atoms with van der Waals surface area (Å²) in [7, 11) is 1.48. The minimum atomic E-state index is -0.667. The predicted molar refractivity (Wildman–Crippen MR) is 159 cm³/mol. The van der Waals surface area contributed by atoms with Gasteiger partial charge in [-0.1, -0.05) is 83.3 Å². The van der Waals surface area contributed by atoms with Crippen LogP contribution in [0.5, 0.6) is 11.5 Å². The normalized spacial score (nSPS) is 14.6. The molecule has 10 heteroatoms. The number of thiocarbonyl (C=S) groups is 1. The number of rotatable bonds is 6. The SMILES string of the molecule is COc1cc(/C=C2\C(=O)NC(=S)N(c3cccc(Cl)c3Cl)C2=O)cc(Cl)c1OCc1cccc2ccccc12. The van der Waals surface area contributed by atoms with Gasteiger partial charge in [0.15, 0.2) is 16.6 Å². The molecule has 1 aliphatic heterocycles. The molecule has 1 heterocycles. The molecule has 0 radical (unpaired) electrons. The zero-order chi connectivity index (χ0) is 27.7. The van der Waals surface area contributed by atoms with Crippen LogP contribution in [-0.4, -0.2) is 24.0 Å². The van der Waals surface area contributed by atoms with Crippen molar-refractivity contribution in [3.8, 4) is 11.5 Å². The van der Waals surface area contributed by atoms with E-state index in [1.807, 2.05) is 42.5 Å². The number of fused-ring (bicyclic) bond motifs is 1. The van der Waals surface area contributed by atoms with Gasteiger partial charge in [-0.05, 0) is 64.5 Å². The molecule has 0 aliphatic carbocycles. The standard InChI is InChI=1S/C29H19Cl3N2O4S/c1-37-24-14-16(13-22(31)26(24)38-15-18-8-4-7-17-6-2-3-9-19(17)18)12-20-27(35)33-29(39)34(28(20)36)23-11-5-10-21(30)25(23)32/h2-14H,15H2,1H3,(H,33,35,39)/b20-12+. The van der Waals surface area contributed by atoms with Crippen LogP contribution in [0.4, 0.5) is 5.69 Å². The first kappa shape index (κ1) is 27.0. The first-order valence-electron chi connectivity index (χ1n) is 11.6. The monoisotopic (exact) mass is 596 g/mol. The molecule has 0 atom stereocenters. The van der Waals surface area contributed by atoms with Gasteiger partial charge in [-0.15, -0.1) is 0 Å². The smallest absolute Gasteiger partial charge is 0.270 e. The average molecular weight is 598 g/mol. The number of carbonyl (C=O) groups excluding carboxylic acids is 2. The fourth-order valence-corrected chi connectivity index (χ4v) is 5.17. The number of nitrogens with one attached hydrogen (secondary N) is 1. The van der Waals surface area contributed by atoms with Crippen LogP contribution in [0, 0.1) is 0 Å². The third-order valence-electron chi connectivity index (χ3n) is 6.09. The van der Waals surface area contributed by atoms with E-state index in [9.17, 15) is 9.59 Å². The summed E-state index contributed by atoms with van der Waals surface area (Å²) in [6, 6.07) is 22.0. The molecule has 1 saturated heterocycles. The summed E-state index contributed by atoms with van der Waals surface area (Å²) in [6.45, 7) is 0.256. The van der Waals surface area contributed by atoms with Crippen molar-refractivity contribution in [2.75, 3.05) is 12.0 Å². The van der Waals surface area contributed by atoms with Crippen LogP contribution in [0.25, 0.3) is 16.8 Å². The largest absolute Gasteiger partial charge is 0.493 e. The molecule has 196 valence electrons. The molecule has 4 aromatic rings. The van der Waals surface area contributed by atoms with E-state index in [0.29, 0.717) is 17.1 Å². The van der Waals surface area contributed by atoms with Crippen LogP contribution in [0.1, 0.15) is 11.1 Å². The van der Waals surface area contributed by atoms with Crippen LogP contribution >= 0.6 is 47.0 Å². The number of methoxy groups -OCH3 is 1. The minimum Gasteiger partial charge on any atom is -0.493 e. The highest BCUT2D eigenvalue weighted by Crippen LogP contribution is 2.39. The zero-order valence-corrected chi connectivity index (χ0v) is 23.4. The Morgan fingerprint density at radius 1 is 0.949 bits per heavy atom. The lowest BCUT2D eigenvalue weighted by Crippen LogP contribution is -2.54. The van der Waals surface area contributed by atoms with Gasteiger partial charge >= 0.3 is 0 Å². The molecule has 0 unspecified atom stereocenters.